The molecule has 188 valence electrons. The van der Waals surface area contributed by atoms with Gasteiger partial charge in [0.2, 0.25) is 5.91 Å². The van der Waals surface area contributed by atoms with Crippen LogP contribution in [0.2, 0.25) is 0 Å². The van der Waals surface area contributed by atoms with Gasteiger partial charge in [0.05, 0.1) is 34.1 Å². The van der Waals surface area contributed by atoms with Crippen LogP contribution >= 0.6 is 0 Å². The number of aliphatic imine (C=N–C) groups is 1. The van der Waals surface area contributed by atoms with E-state index in [-0.39, 0.29) is 50.9 Å². The Balaban J connectivity index is 1.73. The minimum atomic E-state index is -4.03. The highest BCUT2D eigenvalue weighted by Crippen LogP contribution is 2.36. The van der Waals surface area contributed by atoms with Crippen LogP contribution in [0.5, 0.6) is 5.75 Å². The molecule has 5 rings (SSSR count). The summed E-state index contributed by atoms with van der Waals surface area (Å²) in [6.45, 7) is 1.23. The highest BCUT2D eigenvalue weighted by molar-refractivity contribution is 7.92. The maximum absolute atomic E-state index is 14.1. The van der Waals surface area contributed by atoms with E-state index in [2.05, 4.69) is 10.3 Å². The Morgan fingerprint density at radius 2 is 1.76 bits per heavy atom. The first kappa shape index (κ1) is 24.3. The first-order valence-corrected chi connectivity index (χ1v) is 12.7. The van der Waals surface area contributed by atoms with E-state index in [1.54, 1.807) is 0 Å². The molecule has 0 aliphatic carbocycles. The summed E-state index contributed by atoms with van der Waals surface area (Å²) < 4.78 is 55.1. The number of sulfone groups is 1. The average molecular weight is 524 g/mol. The fourth-order valence-electron chi connectivity index (χ4n) is 4.30. The Hall–Kier alpha value is -4.38. The molecule has 2 N–H and O–H groups in total. The molecule has 0 saturated heterocycles. The highest BCUT2D eigenvalue weighted by Gasteiger charge is 2.31. The number of hydrogen-bond donors (Lipinski definition) is 2. The van der Waals surface area contributed by atoms with Crippen molar-refractivity contribution < 1.29 is 27.1 Å². The second-order valence-electron chi connectivity index (χ2n) is 8.58. The van der Waals surface area contributed by atoms with Gasteiger partial charge in [-0.25, -0.2) is 17.2 Å². The number of benzene rings is 3. The van der Waals surface area contributed by atoms with Crippen molar-refractivity contribution in [3.8, 4) is 5.75 Å². The average Bonchev–Trinajstić information content (AvgIpc) is 2.83. The molecule has 2 heterocycles. The van der Waals surface area contributed by atoms with Crippen LogP contribution in [0.25, 0.3) is 10.9 Å². The van der Waals surface area contributed by atoms with Crippen LogP contribution in [0.15, 0.2) is 75.3 Å². The predicted molar refractivity (Wildman–Crippen MR) is 134 cm³/mol. The molecule has 3 aromatic carbocycles. The van der Waals surface area contributed by atoms with Gasteiger partial charge in [0.1, 0.15) is 22.9 Å². The Kier molecular flexibility index (Phi) is 5.87. The third-order valence-electron chi connectivity index (χ3n) is 5.94. The quantitative estimate of drug-likeness (QED) is 0.421. The molecular weight excluding hydrogens is 504 g/mol. The Bertz CT molecular complexity index is 1800. The second kappa shape index (κ2) is 8.93. The predicted octanol–water partition coefficient (Wildman–Crippen LogP) is 3.90. The van der Waals surface area contributed by atoms with Crippen molar-refractivity contribution in [1.29, 1.82) is 0 Å². The number of halogens is 2. The van der Waals surface area contributed by atoms with E-state index in [0.29, 0.717) is 5.56 Å². The Morgan fingerprint density at radius 1 is 1.05 bits per heavy atom. The van der Waals surface area contributed by atoms with E-state index >= 15 is 0 Å². The molecule has 37 heavy (non-hydrogen) atoms. The summed E-state index contributed by atoms with van der Waals surface area (Å²) >= 11 is 0. The number of anilines is 1. The summed E-state index contributed by atoms with van der Waals surface area (Å²) in [7, 11) is -4.03. The van der Waals surface area contributed by atoms with Crippen LogP contribution in [0.1, 0.15) is 18.1 Å². The molecule has 1 aliphatic heterocycles. The van der Waals surface area contributed by atoms with Gasteiger partial charge in [-0.3, -0.25) is 14.6 Å². The lowest BCUT2D eigenvalue weighted by atomic mass is 10.1. The molecule has 0 saturated carbocycles. The third-order valence-corrected chi connectivity index (χ3v) is 7.59. The van der Waals surface area contributed by atoms with Crippen molar-refractivity contribution in [2.45, 2.75) is 18.4 Å². The van der Waals surface area contributed by atoms with Crippen LogP contribution in [-0.2, 0) is 21.2 Å². The molecule has 0 fully saturated rings. The number of nitrogens with zero attached hydrogens (tertiary/aromatic N) is 2. The normalized spacial score (nSPS) is 14.2. The number of hydrogen-bond acceptors (Lipinski definition) is 6. The van der Waals surface area contributed by atoms with E-state index in [1.807, 2.05) is 0 Å². The molecule has 0 radical (unpaired) electrons. The fraction of sp³-hybridized carbons (Fsp3) is 0.115. The van der Waals surface area contributed by atoms with Gasteiger partial charge in [-0.15, -0.1) is 0 Å². The smallest absolute Gasteiger partial charge is 0.264 e. The number of carbonyl (C=O) groups is 1. The van der Waals surface area contributed by atoms with Crippen molar-refractivity contribution in [1.82, 2.24) is 4.57 Å². The Morgan fingerprint density at radius 3 is 2.46 bits per heavy atom. The molecule has 1 amide bonds. The monoisotopic (exact) mass is 523 g/mol. The summed E-state index contributed by atoms with van der Waals surface area (Å²) in [6.07, 6.45) is 0. The summed E-state index contributed by atoms with van der Waals surface area (Å²) in [5.41, 5.74) is -0.274. The van der Waals surface area contributed by atoms with Gasteiger partial charge in [-0.1, -0.05) is 12.1 Å². The third kappa shape index (κ3) is 4.49. The van der Waals surface area contributed by atoms with Crippen LogP contribution in [0.3, 0.4) is 0 Å². The van der Waals surface area contributed by atoms with Gasteiger partial charge in [-0.2, -0.15) is 0 Å². The van der Waals surface area contributed by atoms with Crippen LogP contribution in [0, 0.1) is 11.6 Å². The number of carbonyl (C=O) groups excluding carboxylic acids is 1. The molecule has 0 spiro atoms. The zero-order chi connectivity index (χ0) is 26.5. The van der Waals surface area contributed by atoms with Gasteiger partial charge < -0.3 is 15.0 Å². The van der Waals surface area contributed by atoms with Crippen molar-refractivity contribution in [3.63, 3.8) is 0 Å². The number of fused-ring (bicyclic) bond motifs is 2. The lowest BCUT2D eigenvalue weighted by Gasteiger charge is -2.20. The van der Waals surface area contributed by atoms with Crippen LogP contribution in [-0.4, -0.2) is 35.5 Å². The number of rotatable bonds is 4. The van der Waals surface area contributed by atoms with Crippen molar-refractivity contribution in [2.24, 2.45) is 4.99 Å². The van der Waals surface area contributed by atoms with Crippen molar-refractivity contribution >= 4 is 43.7 Å². The standard InChI is InChI=1S/C26H19F2N3O5S/c1-14(32)29-18-7-8-20-23(11-18)37(35,36)13-21(30-20)24-25(33)19-10-17(28)6-9-22(19)31(26(24)34)12-15-2-4-16(27)5-3-15/h2-11,33H,12-13H2,1H3,(H,29,32). The summed E-state index contributed by atoms with van der Waals surface area (Å²) in [5, 5.41) is 13.5. The second-order valence-corrected chi connectivity index (χ2v) is 10.5. The number of aromatic hydroxyl groups is 1. The molecule has 11 heteroatoms. The maximum Gasteiger partial charge on any atom is 0.264 e. The largest absolute Gasteiger partial charge is 0.506 e. The first-order valence-electron chi connectivity index (χ1n) is 11.1. The molecule has 4 aromatic rings. The van der Waals surface area contributed by atoms with Crippen LogP contribution < -0.4 is 10.9 Å². The van der Waals surface area contributed by atoms with E-state index in [4.69, 9.17) is 0 Å². The molecule has 8 nitrogen and oxygen atoms in total. The van der Waals surface area contributed by atoms with Crippen molar-refractivity contribution in [2.75, 3.05) is 11.1 Å². The molecule has 0 bridgehead atoms. The first-order chi connectivity index (χ1) is 17.5. The van der Waals surface area contributed by atoms with E-state index in [1.165, 1.54) is 60.0 Å². The lowest BCUT2D eigenvalue weighted by molar-refractivity contribution is -0.114. The highest BCUT2D eigenvalue weighted by atomic mass is 32.2. The SMILES string of the molecule is CC(=O)Nc1ccc2c(c1)S(=O)(=O)CC(c1c(O)c3cc(F)ccc3n(Cc3ccc(F)cc3)c1=O)=N2. The van der Waals surface area contributed by atoms with Gasteiger partial charge in [-0.05, 0) is 54.1 Å². The number of nitrogens with one attached hydrogen (secondary N) is 1. The van der Waals surface area contributed by atoms with Crippen molar-refractivity contribution in [3.05, 3.63) is 93.8 Å². The number of aromatic nitrogens is 1. The van der Waals surface area contributed by atoms with Crippen LogP contribution in [0.4, 0.5) is 20.2 Å². The molecule has 0 atom stereocenters. The lowest BCUT2D eigenvalue weighted by Crippen LogP contribution is -2.32. The molecular formula is C26H19F2N3O5S. The van der Waals surface area contributed by atoms with Gasteiger partial charge in [0.25, 0.3) is 5.56 Å². The minimum absolute atomic E-state index is 0.0105. The van der Waals surface area contributed by atoms with Gasteiger partial charge in [0, 0.05) is 18.0 Å². The maximum atomic E-state index is 14.1. The zero-order valence-electron chi connectivity index (χ0n) is 19.3. The molecule has 1 aromatic heterocycles. The topological polar surface area (TPSA) is 118 Å². The van der Waals surface area contributed by atoms with E-state index in [0.717, 1.165) is 12.1 Å². The molecule has 0 unspecified atom stereocenters. The van der Waals surface area contributed by atoms with E-state index in [9.17, 15) is 31.9 Å². The zero-order valence-corrected chi connectivity index (χ0v) is 20.1. The summed E-state index contributed by atoms with van der Waals surface area (Å²) in [5.74, 6) is -2.82. The number of amides is 1. The van der Waals surface area contributed by atoms with Gasteiger partial charge in [0.15, 0.2) is 9.84 Å². The Labute approximate surface area is 209 Å². The molecule has 1 aliphatic rings. The van der Waals surface area contributed by atoms with E-state index < -0.39 is 38.5 Å². The summed E-state index contributed by atoms with van der Waals surface area (Å²) in [4.78, 5) is 29.2. The van der Waals surface area contributed by atoms with Gasteiger partial charge >= 0.3 is 0 Å². The minimum Gasteiger partial charge on any atom is -0.506 e. The number of pyridine rings is 1. The summed E-state index contributed by atoms with van der Waals surface area (Å²) in [6, 6.07) is 13.0. The fourth-order valence-corrected chi connectivity index (χ4v) is 5.77.